The second-order valence-electron chi connectivity index (χ2n) is 8.70. The number of alkyl halides is 2. The second kappa shape index (κ2) is 11.8. The predicted octanol–water partition coefficient (Wildman–Crippen LogP) is 3.23. The van der Waals surface area contributed by atoms with Crippen LogP contribution < -0.4 is 11.4 Å². The Bertz CT molecular complexity index is 1290. The highest BCUT2D eigenvalue weighted by molar-refractivity contribution is 5.66. The maximum atomic E-state index is 14.9. The Morgan fingerprint density at radius 2 is 1.71 bits per heavy atom. The van der Waals surface area contributed by atoms with E-state index in [4.69, 9.17) is 24.7 Å². The van der Waals surface area contributed by atoms with E-state index in [0.717, 1.165) is 6.92 Å². The van der Waals surface area contributed by atoms with Crippen LogP contribution in [0.25, 0.3) is 0 Å². The molecule has 1 aliphatic rings. The molecule has 0 radical (unpaired) electrons. The molecule has 2 N–H and O–H groups in total. The summed E-state index contributed by atoms with van der Waals surface area (Å²) in [6, 6.07) is 17.5. The standard InChI is InChI=1S/C26H26F3N3O6/c1-16(33)37-20-21(36-14-18-10-6-3-7-11-18)26(24(28)29,15-35-13-17-8-4-2-5-9-17)38-23(20)32-12-19(27)22(30)31-25(32)34/h2-12,20-21,23-24H,13-15H2,1H3,(H2,30,31,34). The zero-order chi connectivity index (χ0) is 27.3. The van der Waals surface area contributed by atoms with Crippen LogP contribution >= 0.6 is 0 Å². The first-order valence-corrected chi connectivity index (χ1v) is 11.7. The highest BCUT2D eigenvalue weighted by Crippen LogP contribution is 2.44. The van der Waals surface area contributed by atoms with Crippen molar-refractivity contribution in [1.29, 1.82) is 0 Å². The van der Waals surface area contributed by atoms with Gasteiger partial charge in [0, 0.05) is 6.92 Å². The van der Waals surface area contributed by atoms with Crippen molar-refractivity contribution >= 4 is 11.8 Å². The predicted molar refractivity (Wildman–Crippen MR) is 128 cm³/mol. The third-order valence-electron chi connectivity index (χ3n) is 5.99. The number of halogens is 3. The molecule has 0 bridgehead atoms. The monoisotopic (exact) mass is 533 g/mol. The van der Waals surface area contributed by atoms with Crippen molar-refractivity contribution < 1.29 is 36.9 Å². The first-order chi connectivity index (χ1) is 18.2. The molecule has 9 nitrogen and oxygen atoms in total. The minimum absolute atomic E-state index is 0.0367. The fourth-order valence-electron chi connectivity index (χ4n) is 4.21. The van der Waals surface area contributed by atoms with Crippen molar-refractivity contribution in [2.45, 2.75) is 50.6 Å². The fraction of sp³-hybridized carbons (Fsp3) is 0.346. The molecule has 2 aromatic carbocycles. The number of esters is 1. The first-order valence-electron chi connectivity index (χ1n) is 11.7. The molecule has 202 valence electrons. The van der Waals surface area contributed by atoms with Crippen LogP contribution in [0, 0.1) is 5.82 Å². The number of hydrogen-bond donors (Lipinski definition) is 1. The summed E-state index contributed by atoms with van der Waals surface area (Å²) in [5, 5.41) is 0. The van der Waals surface area contributed by atoms with Crippen LogP contribution in [0.15, 0.2) is 71.7 Å². The fourth-order valence-corrected chi connectivity index (χ4v) is 4.21. The van der Waals surface area contributed by atoms with Gasteiger partial charge in [0.25, 0.3) is 6.43 Å². The number of rotatable bonds is 10. The summed E-state index contributed by atoms with van der Waals surface area (Å²) >= 11 is 0. The molecule has 0 aliphatic carbocycles. The van der Waals surface area contributed by atoms with Gasteiger partial charge in [-0.2, -0.15) is 4.98 Å². The molecule has 4 rings (SSSR count). The Kier molecular flexibility index (Phi) is 8.45. The van der Waals surface area contributed by atoms with Gasteiger partial charge in [0.05, 0.1) is 26.0 Å². The molecule has 2 heterocycles. The molecule has 0 saturated carbocycles. The summed E-state index contributed by atoms with van der Waals surface area (Å²) in [6.45, 7) is 0.165. The van der Waals surface area contributed by atoms with E-state index >= 15 is 0 Å². The molecule has 1 aliphatic heterocycles. The molecule has 0 amide bonds. The lowest BCUT2D eigenvalue weighted by Crippen LogP contribution is -2.54. The van der Waals surface area contributed by atoms with Crippen LogP contribution in [0.1, 0.15) is 24.3 Å². The molecule has 3 aromatic rings. The number of hydrogen-bond acceptors (Lipinski definition) is 8. The number of carbonyl (C=O) groups excluding carboxylic acids is 1. The van der Waals surface area contributed by atoms with E-state index < -0.39 is 60.4 Å². The van der Waals surface area contributed by atoms with Gasteiger partial charge in [0.2, 0.25) is 0 Å². The van der Waals surface area contributed by atoms with Gasteiger partial charge in [-0.05, 0) is 11.1 Å². The number of benzene rings is 2. The van der Waals surface area contributed by atoms with Crippen LogP contribution in [-0.2, 0) is 37.0 Å². The van der Waals surface area contributed by atoms with Crippen molar-refractivity contribution in [3.05, 3.63) is 94.3 Å². The smallest absolute Gasteiger partial charge is 0.351 e. The van der Waals surface area contributed by atoms with E-state index in [1.54, 1.807) is 60.7 Å². The van der Waals surface area contributed by atoms with Crippen LogP contribution in [0.5, 0.6) is 0 Å². The number of ether oxygens (including phenoxy) is 4. The summed E-state index contributed by atoms with van der Waals surface area (Å²) in [5.41, 5.74) is 3.13. The Balaban J connectivity index is 1.74. The maximum absolute atomic E-state index is 14.9. The largest absolute Gasteiger partial charge is 0.455 e. The molecular formula is C26H26F3N3O6. The maximum Gasteiger partial charge on any atom is 0.351 e. The van der Waals surface area contributed by atoms with Gasteiger partial charge in [0.1, 0.15) is 6.10 Å². The summed E-state index contributed by atoms with van der Waals surface area (Å²) in [6.07, 6.45) is -7.51. The van der Waals surface area contributed by atoms with E-state index in [1.165, 1.54) is 0 Å². The molecule has 38 heavy (non-hydrogen) atoms. The van der Waals surface area contributed by atoms with Gasteiger partial charge in [-0.15, -0.1) is 0 Å². The van der Waals surface area contributed by atoms with Gasteiger partial charge in [0.15, 0.2) is 29.6 Å². The van der Waals surface area contributed by atoms with Crippen molar-refractivity contribution in [2.24, 2.45) is 0 Å². The number of nitrogens with two attached hydrogens (primary N) is 1. The first kappa shape index (κ1) is 27.3. The molecule has 1 fully saturated rings. The van der Waals surface area contributed by atoms with Gasteiger partial charge in [-0.1, -0.05) is 60.7 Å². The molecular weight excluding hydrogens is 507 g/mol. The Morgan fingerprint density at radius 3 is 2.29 bits per heavy atom. The van der Waals surface area contributed by atoms with Crippen LogP contribution in [0.2, 0.25) is 0 Å². The number of aromatic nitrogens is 2. The van der Waals surface area contributed by atoms with E-state index in [9.17, 15) is 22.8 Å². The summed E-state index contributed by atoms with van der Waals surface area (Å²) in [7, 11) is 0. The van der Waals surface area contributed by atoms with Crippen LogP contribution in [0.3, 0.4) is 0 Å². The minimum atomic E-state index is -3.23. The Labute approximate surface area is 215 Å². The molecule has 1 saturated heterocycles. The highest BCUT2D eigenvalue weighted by Gasteiger charge is 2.64. The number of nitrogen functional groups attached to an aromatic ring is 1. The Morgan fingerprint density at radius 1 is 1.11 bits per heavy atom. The highest BCUT2D eigenvalue weighted by atomic mass is 19.3. The lowest BCUT2D eigenvalue weighted by atomic mass is 9.95. The lowest BCUT2D eigenvalue weighted by molar-refractivity contribution is -0.215. The summed E-state index contributed by atoms with van der Waals surface area (Å²) in [5.74, 6) is -2.63. The average molecular weight is 534 g/mol. The second-order valence-corrected chi connectivity index (χ2v) is 8.70. The SMILES string of the molecule is CC(=O)OC1C(n2cc(F)c(N)nc2=O)OC(COCc2ccccc2)(C(F)F)C1OCc1ccccc1. The zero-order valence-electron chi connectivity index (χ0n) is 20.3. The normalized spacial score (nSPS) is 23.0. The van der Waals surface area contributed by atoms with Gasteiger partial charge >= 0.3 is 11.7 Å². The van der Waals surface area contributed by atoms with Crippen LogP contribution in [-0.4, -0.2) is 46.4 Å². The third-order valence-corrected chi connectivity index (χ3v) is 5.99. The van der Waals surface area contributed by atoms with Gasteiger partial charge in [-0.25, -0.2) is 18.0 Å². The minimum Gasteiger partial charge on any atom is -0.455 e. The molecule has 4 atom stereocenters. The Hall–Kier alpha value is -3.74. The molecule has 12 heteroatoms. The van der Waals surface area contributed by atoms with Crippen molar-refractivity contribution in [2.75, 3.05) is 12.3 Å². The number of nitrogens with zero attached hydrogens (tertiary/aromatic N) is 2. The van der Waals surface area contributed by atoms with Crippen molar-refractivity contribution in [3.8, 4) is 0 Å². The quantitative estimate of drug-likeness (QED) is 0.395. The van der Waals surface area contributed by atoms with Crippen LogP contribution in [0.4, 0.5) is 19.0 Å². The topological polar surface area (TPSA) is 115 Å². The van der Waals surface area contributed by atoms with E-state index in [0.29, 0.717) is 21.9 Å². The van der Waals surface area contributed by atoms with Gasteiger partial charge < -0.3 is 24.7 Å². The van der Waals surface area contributed by atoms with E-state index in [-0.39, 0.29) is 13.2 Å². The molecule has 0 spiro atoms. The zero-order valence-corrected chi connectivity index (χ0v) is 20.3. The third kappa shape index (κ3) is 5.87. The summed E-state index contributed by atoms with van der Waals surface area (Å²) < 4.78 is 67.4. The molecule has 1 aromatic heterocycles. The van der Waals surface area contributed by atoms with E-state index in [2.05, 4.69) is 4.98 Å². The van der Waals surface area contributed by atoms with E-state index in [1.807, 2.05) is 0 Å². The van der Waals surface area contributed by atoms with Gasteiger partial charge in [-0.3, -0.25) is 9.36 Å². The average Bonchev–Trinajstić information content (AvgIpc) is 3.19. The van der Waals surface area contributed by atoms with Crippen molar-refractivity contribution in [3.63, 3.8) is 0 Å². The molecule has 4 unspecified atom stereocenters. The number of anilines is 1. The summed E-state index contributed by atoms with van der Waals surface area (Å²) in [4.78, 5) is 28.0. The lowest BCUT2D eigenvalue weighted by Gasteiger charge is -2.33. The number of carbonyl (C=O) groups is 1. The van der Waals surface area contributed by atoms with Crippen molar-refractivity contribution in [1.82, 2.24) is 9.55 Å².